The van der Waals surface area contributed by atoms with Crippen molar-refractivity contribution >= 4 is 17.4 Å². The van der Waals surface area contributed by atoms with Crippen molar-refractivity contribution in [2.75, 3.05) is 31.1 Å². The van der Waals surface area contributed by atoms with Gasteiger partial charge in [-0.2, -0.15) is 4.52 Å². The van der Waals surface area contributed by atoms with E-state index in [4.69, 9.17) is 5.10 Å². The molecule has 7 heteroatoms. The van der Waals surface area contributed by atoms with E-state index >= 15 is 0 Å². The van der Waals surface area contributed by atoms with Gasteiger partial charge in [0.25, 0.3) is 0 Å². The van der Waals surface area contributed by atoms with Crippen LogP contribution in [0, 0.1) is 12.8 Å². The van der Waals surface area contributed by atoms with Gasteiger partial charge in [0.2, 0.25) is 5.91 Å². The van der Waals surface area contributed by atoms with Crippen LogP contribution in [-0.4, -0.2) is 56.8 Å². The third-order valence-electron chi connectivity index (χ3n) is 6.39. The summed E-state index contributed by atoms with van der Waals surface area (Å²) < 4.78 is 1.82. The Hall–Kier alpha value is -2.96. The van der Waals surface area contributed by atoms with E-state index in [1.165, 1.54) is 12.0 Å². The molecular formula is C23H28N6O. The normalized spacial score (nSPS) is 18.2. The highest BCUT2D eigenvalue weighted by atomic mass is 16.2. The molecule has 4 heterocycles. The smallest absolute Gasteiger partial charge is 0.225 e. The summed E-state index contributed by atoms with van der Waals surface area (Å²) in [7, 11) is 0. The molecule has 0 unspecified atom stereocenters. The van der Waals surface area contributed by atoms with Crippen LogP contribution in [-0.2, 0) is 4.79 Å². The van der Waals surface area contributed by atoms with Gasteiger partial charge in [0.15, 0.2) is 11.5 Å². The van der Waals surface area contributed by atoms with Crippen molar-refractivity contribution in [2.24, 2.45) is 5.92 Å². The van der Waals surface area contributed by atoms with Gasteiger partial charge in [0.1, 0.15) is 5.82 Å². The molecule has 1 amide bonds. The number of benzene rings is 1. The Morgan fingerprint density at radius 1 is 0.900 bits per heavy atom. The standard InChI is InChI=1S/C23H28N6O/c1-17-5-7-18(8-6-17)22-25-24-20-9-10-21(26-29(20)22)27-15-11-19(12-16-27)23(30)28-13-3-2-4-14-28/h5-10,19H,2-4,11-16H2,1H3. The predicted octanol–water partition coefficient (Wildman–Crippen LogP) is 3.33. The number of amides is 1. The second kappa shape index (κ2) is 8.05. The second-order valence-corrected chi connectivity index (χ2v) is 8.50. The summed E-state index contributed by atoms with van der Waals surface area (Å²) in [5.74, 6) is 2.18. The van der Waals surface area contributed by atoms with Gasteiger partial charge in [0, 0.05) is 37.7 Å². The van der Waals surface area contributed by atoms with E-state index in [2.05, 4.69) is 51.2 Å². The van der Waals surface area contributed by atoms with Crippen molar-refractivity contribution in [1.82, 2.24) is 24.7 Å². The van der Waals surface area contributed by atoms with Crippen LogP contribution in [0.4, 0.5) is 5.82 Å². The van der Waals surface area contributed by atoms with E-state index in [0.29, 0.717) is 5.91 Å². The molecule has 30 heavy (non-hydrogen) atoms. The fourth-order valence-corrected chi connectivity index (χ4v) is 4.56. The average Bonchev–Trinajstić information content (AvgIpc) is 3.23. The largest absolute Gasteiger partial charge is 0.355 e. The van der Waals surface area contributed by atoms with E-state index in [9.17, 15) is 4.79 Å². The third-order valence-corrected chi connectivity index (χ3v) is 6.39. The van der Waals surface area contributed by atoms with E-state index in [-0.39, 0.29) is 5.92 Å². The number of carbonyl (C=O) groups excluding carboxylic acids is 1. The lowest BCUT2D eigenvalue weighted by atomic mass is 9.94. The molecule has 2 fully saturated rings. The minimum Gasteiger partial charge on any atom is -0.355 e. The van der Waals surface area contributed by atoms with Gasteiger partial charge < -0.3 is 9.80 Å². The Balaban J connectivity index is 1.31. The Labute approximate surface area is 176 Å². The summed E-state index contributed by atoms with van der Waals surface area (Å²) in [6.45, 7) is 5.65. The third kappa shape index (κ3) is 3.64. The Bertz CT molecular complexity index is 1030. The fraction of sp³-hybridized carbons (Fsp3) is 0.478. The molecule has 156 valence electrons. The molecule has 2 aliphatic heterocycles. The van der Waals surface area contributed by atoms with Crippen molar-refractivity contribution in [1.29, 1.82) is 0 Å². The first-order valence-electron chi connectivity index (χ1n) is 11.0. The fourth-order valence-electron chi connectivity index (χ4n) is 4.56. The number of hydrogen-bond donors (Lipinski definition) is 0. The number of rotatable bonds is 3. The zero-order chi connectivity index (χ0) is 20.5. The van der Waals surface area contributed by atoms with Crippen LogP contribution in [0.25, 0.3) is 17.0 Å². The summed E-state index contributed by atoms with van der Waals surface area (Å²) >= 11 is 0. The lowest BCUT2D eigenvalue weighted by Gasteiger charge is -2.36. The number of aromatic nitrogens is 4. The lowest BCUT2D eigenvalue weighted by molar-refractivity contribution is -0.137. The molecule has 0 atom stereocenters. The molecule has 7 nitrogen and oxygen atoms in total. The number of aryl methyl sites for hydroxylation is 1. The number of anilines is 1. The van der Waals surface area contributed by atoms with Crippen molar-refractivity contribution in [2.45, 2.75) is 39.0 Å². The van der Waals surface area contributed by atoms with Crippen LogP contribution < -0.4 is 4.90 Å². The number of carbonyl (C=O) groups is 1. The van der Waals surface area contributed by atoms with Crippen molar-refractivity contribution in [3.63, 3.8) is 0 Å². The van der Waals surface area contributed by atoms with Crippen LogP contribution in [0.5, 0.6) is 0 Å². The highest BCUT2D eigenvalue weighted by molar-refractivity contribution is 5.79. The van der Waals surface area contributed by atoms with Gasteiger partial charge in [-0.05, 0) is 51.2 Å². The van der Waals surface area contributed by atoms with Crippen molar-refractivity contribution < 1.29 is 4.79 Å². The predicted molar refractivity (Wildman–Crippen MR) is 116 cm³/mol. The topological polar surface area (TPSA) is 66.6 Å². The SMILES string of the molecule is Cc1ccc(-c2nnc3ccc(N4CCC(C(=O)N5CCCCC5)CC4)nn23)cc1. The first-order chi connectivity index (χ1) is 14.7. The van der Waals surface area contributed by atoms with Gasteiger partial charge >= 0.3 is 0 Å². The van der Waals surface area contributed by atoms with E-state index in [1.54, 1.807) is 0 Å². The zero-order valence-electron chi connectivity index (χ0n) is 17.5. The second-order valence-electron chi connectivity index (χ2n) is 8.50. The number of nitrogens with zero attached hydrogens (tertiary/aromatic N) is 6. The number of hydrogen-bond acceptors (Lipinski definition) is 5. The molecule has 0 spiro atoms. The zero-order valence-corrected chi connectivity index (χ0v) is 17.5. The van der Waals surface area contributed by atoms with E-state index < -0.39 is 0 Å². The van der Waals surface area contributed by atoms with Crippen molar-refractivity contribution in [3.05, 3.63) is 42.0 Å². The molecule has 0 saturated carbocycles. The maximum Gasteiger partial charge on any atom is 0.225 e. The molecule has 0 N–H and O–H groups in total. The maximum absolute atomic E-state index is 12.8. The molecule has 0 bridgehead atoms. The Kier molecular flexibility index (Phi) is 5.11. The number of likely N-dealkylation sites (tertiary alicyclic amines) is 1. The minimum atomic E-state index is 0.154. The molecule has 2 aromatic heterocycles. The minimum absolute atomic E-state index is 0.154. The van der Waals surface area contributed by atoms with Crippen molar-refractivity contribution in [3.8, 4) is 11.4 Å². The lowest BCUT2D eigenvalue weighted by Crippen LogP contribution is -2.44. The summed E-state index contributed by atoms with van der Waals surface area (Å²) in [4.78, 5) is 17.2. The van der Waals surface area contributed by atoms with Crippen LogP contribution in [0.3, 0.4) is 0 Å². The molecule has 5 rings (SSSR count). The molecule has 2 aliphatic rings. The highest BCUT2D eigenvalue weighted by Crippen LogP contribution is 2.26. The summed E-state index contributed by atoms with van der Waals surface area (Å²) in [5.41, 5.74) is 2.95. The number of fused-ring (bicyclic) bond motifs is 1. The summed E-state index contributed by atoms with van der Waals surface area (Å²) in [5, 5.41) is 13.5. The highest BCUT2D eigenvalue weighted by Gasteiger charge is 2.29. The summed E-state index contributed by atoms with van der Waals surface area (Å²) in [6.07, 6.45) is 5.34. The van der Waals surface area contributed by atoms with Crippen LogP contribution in [0.1, 0.15) is 37.7 Å². The first-order valence-corrected chi connectivity index (χ1v) is 11.0. The summed E-state index contributed by atoms with van der Waals surface area (Å²) in [6, 6.07) is 12.2. The number of piperidine rings is 2. The molecule has 3 aromatic rings. The van der Waals surface area contributed by atoms with Crippen LogP contribution in [0.15, 0.2) is 36.4 Å². The quantitative estimate of drug-likeness (QED) is 0.670. The van der Waals surface area contributed by atoms with Crippen LogP contribution in [0.2, 0.25) is 0 Å². The van der Waals surface area contributed by atoms with Crippen LogP contribution >= 0.6 is 0 Å². The first kappa shape index (κ1) is 19.0. The molecule has 0 radical (unpaired) electrons. The maximum atomic E-state index is 12.8. The van der Waals surface area contributed by atoms with Gasteiger partial charge in [-0.3, -0.25) is 4.79 Å². The Morgan fingerprint density at radius 3 is 2.37 bits per heavy atom. The van der Waals surface area contributed by atoms with E-state index in [0.717, 1.165) is 74.7 Å². The average molecular weight is 405 g/mol. The molecular weight excluding hydrogens is 376 g/mol. The Morgan fingerprint density at radius 2 is 1.63 bits per heavy atom. The molecule has 2 saturated heterocycles. The molecule has 1 aromatic carbocycles. The van der Waals surface area contributed by atoms with Gasteiger partial charge in [-0.1, -0.05) is 29.8 Å². The molecule has 0 aliphatic carbocycles. The van der Waals surface area contributed by atoms with Gasteiger partial charge in [0.05, 0.1) is 0 Å². The van der Waals surface area contributed by atoms with Gasteiger partial charge in [-0.15, -0.1) is 15.3 Å². The monoisotopic (exact) mass is 404 g/mol. The van der Waals surface area contributed by atoms with Gasteiger partial charge in [-0.25, -0.2) is 0 Å². The van der Waals surface area contributed by atoms with E-state index in [1.807, 2.05) is 16.6 Å².